The molecule has 2 N–H and O–H groups in total. The second kappa shape index (κ2) is 4.45. The third-order valence-electron chi connectivity index (χ3n) is 2.78. The van der Waals surface area contributed by atoms with E-state index in [4.69, 9.17) is 5.73 Å². The van der Waals surface area contributed by atoms with E-state index in [1.54, 1.807) is 6.92 Å². The molecule has 0 unspecified atom stereocenters. The van der Waals surface area contributed by atoms with Crippen molar-refractivity contribution in [2.24, 2.45) is 0 Å². The average molecular weight is 265 g/mol. The lowest BCUT2D eigenvalue weighted by Gasteiger charge is -2.04. The van der Waals surface area contributed by atoms with Crippen LogP contribution in [-0.4, -0.2) is 23.4 Å². The van der Waals surface area contributed by atoms with Gasteiger partial charge in [0.05, 0.1) is 18.1 Å². The van der Waals surface area contributed by atoms with Gasteiger partial charge in [0, 0.05) is 11.3 Å². The van der Waals surface area contributed by atoms with Gasteiger partial charge in [-0.05, 0) is 37.1 Å². The molecule has 1 heterocycles. The Morgan fingerprint density at radius 3 is 2.78 bits per heavy atom. The molecular formula is C12H15N3O2S. The fraction of sp³-hybridized carbons (Fsp3) is 0.250. The van der Waals surface area contributed by atoms with Crippen LogP contribution in [0.4, 0.5) is 5.69 Å². The summed E-state index contributed by atoms with van der Waals surface area (Å²) in [5, 5.41) is 3.89. The third-order valence-corrected chi connectivity index (χ3v) is 4.28. The Labute approximate surface area is 106 Å². The average Bonchev–Trinajstić information content (AvgIpc) is 2.82. The number of rotatable bonds is 3. The van der Waals surface area contributed by atoms with E-state index in [9.17, 15) is 8.42 Å². The Kier molecular flexibility index (Phi) is 3.13. The molecule has 0 saturated heterocycles. The molecule has 1 aromatic carbocycles. The number of anilines is 1. The van der Waals surface area contributed by atoms with Crippen LogP contribution in [0.25, 0.3) is 11.1 Å². The van der Waals surface area contributed by atoms with E-state index in [-0.39, 0.29) is 5.75 Å². The van der Waals surface area contributed by atoms with Gasteiger partial charge >= 0.3 is 0 Å². The van der Waals surface area contributed by atoms with Crippen molar-refractivity contribution in [2.75, 3.05) is 11.5 Å². The van der Waals surface area contributed by atoms with Gasteiger partial charge in [0.2, 0.25) is 0 Å². The van der Waals surface area contributed by atoms with Crippen LogP contribution in [0.3, 0.4) is 0 Å². The molecule has 0 bridgehead atoms. The van der Waals surface area contributed by atoms with E-state index in [1.807, 2.05) is 25.1 Å². The zero-order valence-electron chi connectivity index (χ0n) is 10.3. The highest BCUT2D eigenvalue weighted by Gasteiger charge is 2.13. The Balaban J connectivity index is 2.51. The van der Waals surface area contributed by atoms with Crippen molar-refractivity contribution >= 4 is 15.7 Å². The summed E-state index contributed by atoms with van der Waals surface area (Å²) < 4.78 is 24.4. The second-order valence-corrected chi connectivity index (χ2v) is 6.19. The quantitative estimate of drug-likeness (QED) is 0.856. The van der Waals surface area contributed by atoms with E-state index in [1.165, 1.54) is 12.4 Å². The minimum atomic E-state index is -3.33. The molecule has 0 spiro atoms. The van der Waals surface area contributed by atoms with Gasteiger partial charge < -0.3 is 5.73 Å². The number of hydrogen-bond acceptors (Lipinski definition) is 4. The Morgan fingerprint density at radius 2 is 2.11 bits per heavy atom. The molecule has 0 aliphatic heterocycles. The van der Waals surface area contributed by atoms with E-state index in [0.29, 0.717) is 5.69 Å². The maximum atomic E-state index is 11.7. The SMILES string of the molecule is CCS(=O)(=O)n1cc(-c2cc(N)ccc2C)cn1. The van der Waals surface area contributed by atoms with Crippen LogP contribution >= 0.6 is 0 Å². The van der Waals surface area contributed by atoms with Gasteiger partial charge in [-0.15, -0.1) is 0 Å². The number of nitrogens with two attached hydrogens (primary N) is 1. The van der Waals surface area contributed by atoms with Crippen LogP contribution in [-0.2, 0) is 10.0 Å². The summed E-state index contributed by atoms with van der Waals surface area (Å²) in [4.78, 5) is 0. The van der Waals surface area contributed by atoms with Gasteiger partial charge in [-0.3, -0.25) is 0 Å². The molecule has 0 radical (unpaired) electrons. The summed E-state index contributed by atoms with van der Waals surface area (Å²) in [7, 11) is -3.33. The highest BCUT2D eigenvalue weighted by Crippen LogP contribution is 2.25. The lowest BCUT2D eigenvalue weighted by atomic mass is 10.0. The number of nitrogen functional groups attached to an aromatic ring is 1. The normalized spacial score (nSPS) is 11.7. The molecule has 0 fully saturated rings. The van der Waals surface area contributed by atoms with E-state index in [2.05, 4.69) is 5.10 Å². The first-order chi connectivity index (χ1) is 8.44. The summed E-state index contributed by atoms with van der Waals surface area (Å²) in [6.45, 7) is 3.53. The highest BCUT2D eigenvalue weighted by atomic mass is 32.2. The molecule has 96 valence electrons. The van der Waals surface area contributed by atoms with Crippen LogP contribution in [0.1, 0.15) is 12.5 Å². The number of aromatic nitrogens is 2. The molecule has 18 heavy (non-hydrogen) atoms. The topological polar surface area (TPSA) is 78.0 Å². The zero-order valence-corrected chi connectivity index (χ0v) is 11.1. The molecule has 5 nitrogen and oxygen atoms in total. The first-order valence-corrected chi connectivity index (χ1v) is 7.19. The first-order valence-electron chi connectivity index (χ1n) is 5.58. The van der Waals surface area contributed by atoms with Crippen LogP contribution in [0.5, 0.6) is 0 Å². The summed E-state index contributed by atoms with van der Waals surface area (Å²) in [6, 6.07) is 5.53. The smallest absolute Gasteiger partial charge is 0.253 e. The first kappa shape index (κ1) is 12.6. The fourth-order valence-electron chi connectivity index (χ4n) is 1.68. The number of benzene rings is 1. The predicted octanol–water partition coefficient (Wildman–Crippen LogP) is 1.64. The van der Waals surface area contributed by atoms with Crippen molar-refractivity contribution in [3.8, 4) is 11.1 Å². The maximum Gasteiger partial charge on any atom is 0.253 e. The standard InChI is InChI=1S/C12H15N3O2S/c1-3-18(16,17)15-8-10(7-14-15)12-6-11(13)5-4-9(12)2/h4-8H,3,13H2,1-2H3. The van der Waals surface area contributed by atoms with Gasteiger partial charge in [0.25, 0.3) is 10.0 Å². The second-order valence-electron chi connectivity index (χ2n) is 4.08. The van der Waals surface area contributed by atoms with Crippen LogP contribution < -0.4 is 5.73 Å². The number of hydrogen-bond donors (Lipinski definition) is 1. The number of aryl methyl sites for hydroxylation is 1. The molecule has 6 heteroatoms. The summed E-state index contributed by atoms with van der Waals surface area (Å²) in [5.74, 6) is 0.0179. The van der Waals surface area contributed by atoms with Crippen LogP contribution in [0.15, 0.2) is 30.6 Å². The maximum absolute atomic E-state index is 11.7. The molecular weight excluding hydrogens is 250 g/mol. The van der Waals surface area contributed by atoms with E-state index < -0.39 is 10.0 Å². The van der Waals surface area contributed by atoms with E-state index in [0.717, 1.165) is 20.8 Å². The molecule has 0 amide bonds. The molecule has 1 aromatic heterocycles. The van der Waals surface area contributed by atoms with E-state index >= 15 is 0 Å². The van der Waals surface area contributed by atoms with Gasteiger partial charge in [-0.2, -0.15) is 9.19 Å². The van der Waals surface area contributed by atoms with Crippen LogP contribution in [0.2, 0.25) is 0 Å². The largest absolute Gasteiger partial charge is 0.399 e. The van der Waals surface area contributed by atoms with Crippen molar-refractivity contribution in [1.82, 2.24) is 9.19 Å². The predicted molar refractivity (Wildman–Crippen MR) is 71.7 cm³/mol. The summed E-state index contributed by atoms with van der Waals surface area (Å²) in [6.07, 6.45) is 3.05. The highest BCUT2D eigenvalue weighted by molar-refractivity contribution is 7.89. The lowest BCUT2D eigenvalue weighted by molar-refractivity contribution is 0.581. The van der Waals surface area contributed by atoms with Gasteiger partial charge in [0.15, 0.2) is 0 Å². The van der Waals surface area contributed by atoms with Crippen molar-refractivity contribution in [3.05, 3.63) is 36.2 Å². The van der Waals surface area contributed by atoms with Crippen molar-refractivity contribution in [3.63, 3.8) is 0 Å². The van der Waals surface area contributed by atoms with Crippen molar-refractivity contribution < 1.29 is 8.42 Å². The summed E-state index contributed by atoms with van der Waals surface area (Å²) >= 11 is 0. The van der Waals surface area contributed by atoms with Gasteiger partial charge in [-0.25, -0.2) is 8.42 Å². The lowest BCUT2D eigenvalue weighted by Crippen LogP contribution is -2.14. The van der Waals surface area contributed by atoms with Gasteiger partial charge in [0.1, 0.15) is 0 Å². The molecule has 0 aliphatic rings. The third kappa shape index (κ3) is 2.24. The zero-order chi connectivity index (χ0) is 13.3. The van der Waals surface area contributed by atoms with Crippen LogP contribution in [0, 0.1) is 6.92 Å². The fourth-order valence-corrected chi connectivity index (χ4v) is 2.41. The molecule has 0 aliphatic carbocycles. The van der Waals surface area contributed by atoms with Crippen molar-refractivity contribution in [1.29, 1.82) is 0 Å². The molecule has 2 rings (SSSR count). The molecule has 2 aromatic rings. The summed E-state index contributed by atoms with van der Waals surface area (Å²) in [5.41, 5.74) is 9.05. The molecule has 0 saturated carbocycles. The Bertz CT molecular complexity index is 674. The molecule has 0 atom stereocenters. The van der Waals surface area contributed by atoms with Crippen molar-refractivity contribution in [2.45, 2.75) is 13.8 Å². The number of nitrogens with zero attached hydrogens (tertiary/aromatic N) is 2. The Hall–Kier alpha value is -1.82. The van der Waals surface area contributed by atoms with Gasteiger partial charge in [-0.1, -0.05) is 6.07 Å². The monoisotopic (exact) mass is 265 g/mol. The minimum Gasteiger partial charge on any atom is -0.399 e. The Morgan fingerprint density at radius 1 is 1.39 bits per heavy atom. The minimum absolute atomic E-state index is 0.0179.